The van der Waals surface area contributed by atoms with Gasteiger partial charge in [0.1, 0.15) is 11.9 Å². The lowest BCUT2D eigenvalue weighted by Gasteiger charge is -2.25. The van der Waals surface area contributed by atoms with Crippen molar-refractivity contribution in [1.29, 1.82) is 0 Å². The third kappa shape index (κ3) is 3.03. The molecule has 0 spiro atoms. The molecule has 1 aromatic carbocycles. The standard InChI is InChI=1S/C10H8BrF3O4S/c11-6-1-2-8-7(5-6)9(3-4-17-8)18-19(15,16)10(12,13)14/h1-2,5,9H,3-4H2. The van der Waals surface area contributed by atoms with E-state index in [1.54, 1.807) is 6.07 Å². The summed E-state index contributed by atoms with van der Waals surface area (Å²) in [4.78, 5) is 0. The van der Waals surface area contributed by atoms with Crippen molar-refractivity contribution in [3.63, 3.8) is 0 Å². The second-order valence-corrected chi connectivity index (χ2v) is 6.28. The van der Waals surface area contributed by atoms with E-state index in [-0.39, 0.29) is 18.6 Å². The number of alkyl halides is 3. The molecule has 0 bridgehead atoms. The highest BCUT2D eigenvalue weighted by molar-refractivity contribution is 9.10. The van der Waals surface area contributed by atoms with Crippen LogP contribution in [-0.2, 0) is 14.3 Å². The van der Waals surface area contributed by atoms with Gasteiger partial charge in [-0.3, -0.25) is 4.18 Å². The minimum absolute atomic E-state index is 0.0266. The molecule has 1 aromatic rings. The Balaban J connectivity index is 2.33. The maximum atomic E-state index is 12.3. The van der Waals surface area contributed by atoms with Gasteiger partial charge in [0, 0.05) is 16.5 Å². The van der Waals surface area contributed by atoms with Crippen LogP contribution in [0.2, 0.25) is 0 Å². The zero-order valence-corrected chi connectivity index (χ0v) is 11.7. The van der Waals surface area contributed by atoms with Gasteiger partial charge in [0.2, 0.25) is 0 Å². The lowest BCUT2D eigenvalue weighted by atomic mass is 10.0. The lowest BCUT2D eigenvalue weighted by Crippen LogP contribution is -2.29. The van der Waals surface area contributed by atoms with Gasteiger partial charge in [-0.25, -0.2) is 0 Å². The first-order valence-corrected chi connectivity index (χ1v) is 7.32. The molecule has 0 fully saturated rings. The summed E-state index contributed by atoms with van der Waals surface area (Å²) in [6.07, 6.45) is -1.17. The molecule has 1 atom stereocenters. The molecule has 0 N–H and O–H groups in total. The fourth-order valence-corrected chi connectivity index (χ4v) is 2.63. The monoisotopic (exact) mass is 360 g/mol. The van der Waals surface area contributed by atoms with E-state index in [1.165, 1.54) is 12.1 Å². The van der Waals surface area contributed by atoms with Gasteiger partial charge in [-0.15, -0.1) is 0 Å². The summed E-state index contributed by atoms with van der Waals surface area (Å²) in [6.45, 7) is 0.0900. The van der Waals surface area contributed by atoms with Crippen LogP contribution in [0, 0.1) is 0 Å². The average molecular weight is 361 g/mol. The summed E-state index contributed by atoms with van der Waals surface area (Å²) in [6, 6.07) is 4.65. The van der Waals surface area contributed by atoms with E-state index in [4.69, 9.17) is 4.74 Å². The molecule has 4 nitrogen and oxygen atoms in total. The van der Waals surface area contributed by atoms with Crippen LogP contribution in [0.25, 0.3) is 0 Å². The van der Waals surface area contributed by atoms with E-state index >= 15 is 0 Å². The summed E-state index contributed by atoms with van der Waals surface area (Å²) in [5.74, 6) is 0.317. The maximum Gasteiger partial charge on any atom is 0.523 e. The number of hydrogen-bond donors (Lipinski definition) is 0. The molecule has 106 valence electrons. The Morgan fingerprint density at radius 1 is 1.37 bits per heavy atom. The predicted molar refractivity (Wildman–Crippen MR) is 63.1 cm³/mol. The Morgan fingerprint density at radius 3 is 2.68 bits per heavy atom. The number of halogens is 4. The minimum atomic E-state index is -5.62. The Labute approximate surface area is 115 Å². The van der Waals surface area contributed by atoms with Crippen molar-refractivity contribution in [3.8, 4) is 5.75 Å². The molecule has 1 aliphatic heterocycles. The highest BCUT2D eigenvalue weighted by atomic mass is 79.9. The van der Waals surface area contributed by atoms with Crippen LogP contribution in [0.1, 0.15) is 18.1 Å². The van der Waals surface area contributed by atoms with Crippen molar-refractivity contribution in [2.24, 2.45) is 0 Å². The van der Waals surface area contributed by atoms with Crippen LogP contribution < -0.4 is 4.74 Å². The number of fused-ring (bicyclic) bond motifs is 1. The molecule has 9 heteroatoms. The third-order valence-electron chi connectivity index (χ3n) is 2.48. The quantitative estimate of drug-likeness (QED) is 0.600. The van der Waals surface area contributed by atoms with Crippen LogP contribution in [0.4, 0.5) is 13.2 Å². The molecule has 0 aromatic heterocycles. The van der Waals surface area contributed by atoms with Gasteiger partial charge in [0.25, 0.3) is 0 Å². The van der Waals surface area contributed by atoms with Crippen molar-refractivity contribution < 1.29 is 30.5 Å². The molecule has 1 unspecified atom stereocenters. The summed E-state index contributed by atoms with van der Waals surface area (Å²) in [5.41, 5.74) is -5.16. The number of hydrogen-bond acceptors (Lipinski definition) is 4. The van der Waals surface area contributed by atoms with Crippen molar-refractivity contribution in [2.75, 3.05) is 6.61 Å². The average Bonchev–Trinajstić information content (AvgIpc) is 2.28. The summed E-state index contributed by atoms with van der Waals surface area (Å²) >= 11 is 3.15. The Hall–Kier alpha value is -0.800. The Morgan fingerprint density at radius 2 is 2.05 bits per heavy atom. The largest absolute Gasteiger partial charge is 0.523 e. The van der Waals surface area contributed by atoms with Crippen LogP contribution in [-0.4, -0.2) is 20.5 Å². The fourth-order valence-electron chi connectivity index (χ4n) is 1.64. The van der Waals surface area contributed by atoms with Crippen LogP contribution in [0.3, 0.4) is 0 Å². The van der Waals surface area contributed by atoms with E-state index in [0.29, 0.717) is 10.2 Å². The molecule has 19 heavy (non-hydrogen) atoms. The Kier molecular flexibility index (Phi) is 3.80. The predicted octanol–water partition coefficient (Wildman–Crippen LogP) is 3.14. The third-order valence-corrected chi connectivity index (χ3v) is 4.03. The summed E-state index contributed by atoms with van der Waals surface area (Å²) in [5, 5.41) is 0. The number of rotatable bonds is 2. The van der Waals surface area contributed by atoms with Crippen LogP contribution in [0.5, 0.6) is 5.75 Å². The minimum Gasteiger partial charge on any atom is -0.493 e. The smallest absolute Gasteiger partial charge is 0.493 e. The molecule has 1 heterocycles. The Bertz CT molecular complexity index is 585. The molecule has 1 aliphatic rings. The van der Waals surface area contributed by atoms with Crippen molar-refractivity contribution >= 4 is 26.0 Å². The topological polar surface area (TPSA) is 52.6 Å². The first kappa shape index (κ1) is 14.6. The molecule has 0 aliphatic carbocycles. The van der Waals surface area contributed by atoms with E-state index in [1.807, 2.05) is 0 Å². The van der Waals surface area contributed by atoms with Gasteiger partial charge in [0.05, 0.1) is 6.61 Å². The van der Waals surface area contributed by atoms with E-state index in [0.717, 1.165) is 0 Å². The van der Waals surface area contributed by atoms with E-state index in [9.17, 15) is 21.6 Å². The van der Waals surface area contributed by atoms with Gasteiger partial charge in [-0.1, -0.05) is 15.9 Å². The second-order valence-electron chi connectivity index (χ2n) is 3.80. The highest BCUT2D eigenvalue weighted by Gasteiger charge is 2.49. The SMILES string of the molecule is O=S(=O)(OC1CCOc2ccc(Br)cc21)C(F)(F)F. The summed E-state index contributed by atoms with van der Waals surface area (Å²) in [7, 11) is -5.62. The van der Waals surface area contributed by atoms with Crippen molar-refractivity contribution in [2.45, 2.75) is 18.0 Å². The van der Waals surface area contributed by atoms with Gasteiger partial charge >= 0.3 is 15.6 Å². The number of ether oxygens (including phenoxy) is 1. The van der Waals surface area contributed by atoms with Gasteiger partial charge in [-0.2, -0.15) is 21.6 Å². The van der Waals surface area contributed by atoms with E-state index in [2.05, 4.69) is 20.1 Å². The zero-order valence-electron chi connectivity index (χ0n) is 9.28. The van der Waals surface area contributed by atoms with E-state index < -0.39 is 21.7 Å². The molecule has 0 saturated heterocycles. The van der Waals surface area contributed by atoms with Crippen LogP contribution in [0.15, 0.2) is 22.7 Å². The molecule has 0 amide bonds. The lowest BCUT2D eigenvalue weighted by molar-refractivity contribution is -0.0587. The van der Waals surface area contributed by atoms with Gasteiger partial charge < -0.3 is 4.74 Å². The number of benzene rings is 1. The molecule has 0 saturated carbocycles. The van der Waals surface area contributed by atoms with Gasteiger partial charge in [0.15, 0.2) is 0 Å². The first-order chi connectivity index (χ1) is 8.71. The van der Waals surface area contributed by atoms with Crippen molar-refractivity contribution in [1.82, 2.24) is 0 Å². The molecule has 2 rings (SSSR count). The first-order valence-electron chi connectivity index (χ1n) is 5.12. The summed E-state index contributed by atoms with van der Waals surface area (Å²) < 4.78 is 69.0. The molecular formula is C10H8BrF3O4S. The highest BCUT2D eigenvalue weighted by Crippen LogP contribution is 2.39. The van der Waals surface area contributed by atoms with Gasteiger partial charge in [-0.05, 0) is 18.2 Å². The van der Waals surface area contributed by atoms with Crippen LogP contribution >= 0.6 is 15.9 Å². The zero-order chi connectivity index (χ0) is 14.3. The van der Waals surface area contributed by atoms with Crippen molar-refractivity contribution in [3.05, 3.63) is 28.2 Å². The fraction of sp³-hybridized carbons (Fsp3) is 0.400. The normalized spacial score (nSPS) is 19.7. The second kappa shape index (κ2) is 4.95. The molecular weight excluding hydrogens is 353 g/mol. The maximum absolute atomic E-state index is 12.3. The molecule has 0 radical (unpaired) electrons.